The number of hydrogen-bond acceptors (Lipinski definition) is 4. The molecule has 1 aliphatic rings. The Labute approximate surface area is 183 Å². The van der Waals surface area contributed by atoms with Gasteiger partial charge in [-0.2, -0.15) is 0 Å². The van der Waals surface area contributed by atoms with E-state index in [1.54, 1.807) is 19.9 Å². The molecule has 0 fully saturated rings. The lowest BCUT2D eigenvalue weighted by molar-refractivity contribution is -0.140. The summed E-state index contributed by atoms with van der Waals surface area (Å²) in [4.78, 5) is 29.4. The van der Waals surface area contributed by atoms with Gasteiger partial charge in [-0.3, -0.25) is 9.79 Å². The molecule has 5 nitrogen and oxygen atoms in total. The highest BCUT2D eigenvalue weighted by Crippen LogP contribution is 2.40. The molecule has 2 unspecified atom stereocenters. The van der Waals surface area contributed by atoms with Crippen LogP contribution >= 0.6 is 15.9 Å². The zero-order chi connectivity index (χ0) is 21.7. The molecule has 1 heterocycles. The Balaban J connectivity index is 1.88. The summed E-state index contributed by atoms with van der Waals surface area (Å²) >= 11 is 3.43. The van der Waals surface area contributed by atoms with Gasteiger partial charge in [-0.15, -0.1) is 0 Å². The van der Waals surface area contributed by atoms with E-state index in [-0.39, 0.29) is 12.2 Å². The number of carbonyl (C=O) groups excluding carboxylic acids is 1. The third-order valence-electron chi connectivity index (χ3n) is 4.94. The minimum Gasteiger partial charge on any atom is -0.481 e. The molecule has 2 aromatic rings. The Kier molecular flexibility index (Phi) is 7.00. The molecule has 0 aromatic heterocycles. The summed E-state index contributed by atoms with van der Waals surface area (Å²) in [5, 5.41) is 9.86. The van der Waals surface area contributed by atoms with E-state index in [4.69, 9.17) is 4.74 Å². The fourth-order valence-corrected chi connectivity index (χ4v) is 4.05. The van der Waals surface area contributed by atoms with E-state index in [0.717, 1.165) is 15.6 Å². The number of benzene rings is 2. The average molecular weight is 468 g/mol. The molecule has 30 heavy (non-hydrogen) atoms. The molecule has 0 saturated heterocycles. The lowest BCUT2D eigenvalue weighted by atomic mass is 9.75. The van der Waals surface area contributed by atoms with Crippen LogP contribution in [-0.4, -0.2) is 29.4 Å². The van der Waals surface area contributed by atoms with Gasteiger partial charge in [-0.05, 0) is 43.2 Å². The highest BCUT2D eigenvalue weighted by molar-refractivity contribution is 9.10. The predicted octanol–water partition coefficient (Wildman–Crippen LogP) is 5.24. The van der Waals surface area contributed by atoms with Gasteiger partial charge in [0.15, 0.2) is 0 Å². The number of carbonyl (C=O) groups is 2. The van der Waals surface area contributed by atoms with Crippen molar-refractivity contribution in [3.8, 4) is 0 Å². The average Bonchev–Trinajstić information content (AvgIpc) is 2.71. The monoisotopic (exact) mass is 467 g/mol. The van der Waals surface area contributed by atoms with E-state index in [1.165, 1.54) is 0 Å². The highest BCUT2D eigenvalue weighted by atomic mass is 79.9. The molecule has 2 atom stereocenters. The van der Waals surface area contributed by atoms with Crippen LogP contribution in [0.4, 0.5) is 0 Å². The number of ether oxygens (including phenoxy) is 1. The Bertz CT molecular complexity index is 1040. The number of halogens is 1. The second kappa shape index (κ2) is 9.67. The minimum atomic E-state index is -1.03. The second-order valence-corrected chi connectivity index (χ2v) is 7.93. The van der Waals surface area contributed by atoms with Gasteiger partial charge in [0.25, 0.3) is 0 Å². The van der Waals surface area contributed by atoms with Crippen molar-refractivity contribution >= 4 is 39.7 Å². The van der Waals surface area contributed by atoms with Gasteiger partial charge >= 0.3 is 11.9 Å². The van der Waals surface area contributed by atoms with Crippen LogP contribution in [0.25, 0.3) is 6.08 Å². The molecule has 0 aliphatic carbocycles. The molecular formula is C24H22BrNO4. The number of esters is 1. The summed E-state index contributed by atoms with van der Waals surface area (Å²) < 4.78 is 6.27. The maximum Gasteiger partial charge on any atom is 0.336 e. The van der Waals surface area contributed by atoms with E-state index in [0.29, 0.717) is 11.4 Å². The highest BCUT2D eigenvalue weighted by Gasteiger charge is 2.41. The third-order valence-corrected chi connectivity index (χ3v) is 5.44. The molecule has 0 bridgehead atoms. The molecule has 0 amide bonds. The van der Waals surface area contributed by atoms with Gasteiger partial charge in [0, 0.05) is 21.8 Å². The molecular weight excluding hydrogens is 446 g/mol. The van der Waals surface area contributed by atoms with Crippen LogP contribution in [0.2, 0.25) is 0 Å². The Hall–Kier alpha value is -2.99. The molecule has 154 valence electrons. The van der Waals surface area contributed by atoms with Crippen molar-refractivity contribution in [3.05, 3.63) is 87.5 Å². The zero-order valence-corrected chi connectivity index (χ0v) is 18.3. The van der Waals surface area contributed by atoms with Crippen molar-refractivity contribution < 1.29 is 19.4 Å². The first-order valence-electron chi connectivity index (χ1n) is 9.51. The maximum absolute atomic E-state index is 13.0. The molecule has 0 saturated carbocycles. The minimum absolute atomic E-state index is 0.0795. The molecule has 1 N–H and O–H groups in total. The number of aliphatic carboxylic acids is 1. The summed E-state index contributed by atoms with van der Waals surface area (Å²) in [6, 6.07) is 17.0. The molecule has 6 heteroatoms. The third kappa shape index (κ3) is 4.94. The quantitative estimate of drug-likeness (QED) is 0.589. The summed E-state index contributed by atoms with van der Waals surface area (Å²) in [5.41, 5.74) is 2.94. The molecule has 1 aliphatic heterocycles. The van der Waals surface area contributed by atoms with Crippen molar-refractivity contribution in [2.24, 2.45) is 10.9 Å². The first-order chi connectivity index (χ1) is 14.4. The van der Waals surface area contributed by atoms with Crippen LogP contribution in [0.1, 0.15) is 30.9 Å². The number of rotatable bonds is 6. The summed E-state index contributed by atoms with van der Waals surface area (Å²) in [7, 11) is 0. The number of allylic oxidation sites excluding steroid dienone is 1. The van der Waals surface area contributed by atoms with E-state index < -0.39 is 23.8 Å². The lowest BCUT2D eigenvalue weighted by Crippen LogP contribution is -2.35. The zero-order valence-electron chi connectivity index (χ0n) is 16.7. The van der Waals surface area contributed by atoms with Gasteiger partial charge < -0.3 is 9.84 Å². The van der Waals surface area contributed by atoms with Gasteiger partial charge in [0.05, 0.1) is 5.57 Å². The molecule has 0 radical (unpaired) electrons. The van der Waals surface area contributed by atoms with Gasteiger partial charge in [-0.25, -0.2) is 4.79 Å². The van der Waals surface area contributed by atoms with E-state index in [9.17, 15) is 14.7 Å². The lowest BCUT2D eigenvalue weighted by Gasteiger charge is -2.30. The Morgan fingerprint density at radius 2 is 1.87 bits per heavy atom. The van der Waals surface area contributed by atoms with Gasteiger partial charge in [0.2, 0.25) is 0 Å². The van der Waals surface area contributed by atoms with Gasteiger partial charge in [0.1, 0.15) is 12.5 Å². The van der Waals surface area contributed by atoms with Crippen LogP contribution in [0.5, 0.6) is 0 Å². The predicted molar refractivity (Wildman–Crippen MR) is 120 cm³/mol. The van der Waals surface area contributed by atoms with E-state index >= 15 is 0 Å². The summed E-state index contributed by atoms with van der Waals surface area (Å²) in [6.07, 6.45) is 3.62. The molecule has 0 spiro atoms. The van der Waals surface area contributed by atoms with Crippen LogP contribution in [-0.2, 0) is 14.3 Å². The van der Waals surface area contributed by atoms with Crippen molar-refractivity contribution in [1.29, 1.82) is 0 Å². The Morgan fingerprint density at radius 3 is 2.53 bits per heavy atom. The smallest absolute Gasteiger partial charge is 0.336 e. The SMILES string of the molecule is CC1=NC(C)=C(C(=O)OCC=Cc2ccccc2)C(c2cccc(Br)c2)C1C(=O)O. The van der Waals surface area contributed by atoms with Crippen LogP contribution < -0.4 is 0 Å². The summed E-state index contributed by atoms with van der Waals surface area (Å²) in [5.74, 6) is -3.20. The fourth-order valence-electron chi connectivity index (χ4n) is 3.63. The number of carboxylic acids is 1. The number of nitrogens with zero attached hydrogens (tertiary/aromatic N) is 1. The number of carboxylic acid groups (broad SMARTS) is 1. The van der Waals surface area contributed by atoms with E-state index in [1.807, 2.05) is 60.7 Å². The van der Waals surface area contributed by atoms with Crippen molar-refractivity contribution in [2.75, 3.05) is 6.61 Å². The topological polar surface area (TPSA) is 76.0 Å². The van der Waals surface area contributed by atoms with Crippen LogP contribution in [0, 0.1) is 5.92 Å². The molecule has 3 rings (SSSR count). The second-order valence-electron chi connectivity index (χ2n) is 7.01. The normalized spacial score (nSPS) is 19.0. The first-order valence-corrected chi connectivity index (χ1v) is 10.3. The fraction of sp³-hybridized carbons (Fsp3) is 0.208. The maximum atomic E-state index is 13.0. The van der Waals surface area contributed by atoms with Crippen molar-refractivity contribution in [1.82, 2.24) is 0 Å². The number of aliphatic imine (C=N–C) groups is 1. The van der Waals surface area contributed by atoms with Crippen molar-refractivity contribution in [3.63, 3.8) is 0 Å². The molecule has 2 aromatic carbocycles. The largest absolute Gasteiger partial charge is 0.481 e. The Morgan fingerprint density at radius 1 is 1.13 bits per heavy atom. The van der Waals surface area contributed by atoms with Crippen LogP contribution in [0.3, 0.4) is 0 Å². The standard InChI is InChI=1S/C24H22BrNO4/c1-15-20(23(27)28)22(18-11-6-12-19(25)14-18)21(16(2)26-15)24(29)30-13-7-10-17-8-4-3-5-9-17/h3-12,14,20,22H,13H2,1-2H3,(H,27,28). The summed E-state index contributed by atoms with van der Waals surface area (Å²) in [6.45, 7) is 3.47. The van der Waals surface area contributed by atoms with E-state index in [2.05, 4.69) is 20.9 Å². The van der Waals surface area contributed by atoms with Crippen molar-refractivity contribution in [2.45, 2.75) is 19.8 Å². The first kappa shape index (κ1) is 21.7. The van der Waals surface area contributed by atoms with Crippen LogP contribution in [0.15, 0.2) is 81.4 Å². The van der Waals surface area contributed by atoms with Gasteiger partial charge in [-0.1, -0.05) is 64.5 Å². The number of hydrogen-bond donors (Lipinski definition) is 1.